The van der Waals surface area contributed by atoms with Gasteiger partial charge in [-0.1, -0.05) is 0 Å². The van der Waals surface area contributed by atoms with Gasteiger partial charge in [-0.15, -0.1) is 11.3 Å². The summed E-state index contributed by atoms with van der Waals surface area (Å²) in [6.45, 7) is 2.73. The van der Waals surface area contributed by atoms with Gasteiger partial charge in [-0.25, -0.2) is 0 Å². The summed E-state index contributed by atoms with van der Waals surface area (Å²) in [4.78, 5) is 1.30. The standard InChI is InChI=1S/C8H10BrNOS/c9-6-3-8(12-5-6)7-4-10-1-2-11-7/h3,5,7,10H,1-2,4H2. The Morgan fingerprint density at radius 1 is 1.67 bits per heavy atom. The van der Waals surface area contributed by atoms with E-state index in [1.165, 1.54) is 4.88 Å². The quantitative estimate of drug-likeness (QED) is 0.822. The van der Waals surface area contributed by atoms with Crippen LogP contribution in [0, 0.1) is 0 Å². The number of hydrogen-bond donors (Lipinski definition) is 1. The summed E-state index contributed by atoms with van der Waals surface area (Å²) in [7, 11) is 0. The molecule has 0 amide bonds. The summed E-state index contributed by atoms with van der Waals surface area (Å²) in [6.07, 6.45) is 0.259. The molecule has 1 saturated heterocycles. The highest BCUT2D eigenvalue weighted by Gasteiger charge is 2.16. The molecule has 0 radical (unpaired) electrons. The molecule has 0 aromatic carbocycles. The molecule has 2 rings (SSSR count). The number of halogens is 1. The number of rotatable bonds is 1. The molecule has 1 fully saturated rings. The number of thiophene rings is 1. The monoisotopic (exact) mass is 247 g/mol. The lowest BCUT2D eigenvalue weighted by Crippen LogP contribution is -2.32. The van der Waals surface area contributed by atoms with Gasteiger partial charge in [-0.2, -0.15) is 0 Å². The second kappa shape index (κ2) is 3.87. The average Bonchev–Trinajstić information content (AvgIpc) is 2.54. The van der Waals surface area contributed by atoms with Crippen LogP contribution in [0.2, 0.25) is 0 Å². The van der Waals surface area contributed by atoms with Crippen molar-refractivity contribution in [2.75, 3.05) is 19.7 Å². The minimum absolute atomic E-state index is 0.259. The zero-order chi connectivity index (χ0) is 8.39. The maximum Gasteiger partial charge on any atom is 0.104 e. The van der Waals surface area contributed by atoms with Gasteiger partial charge in [0.1, 0.15) is 6.10 Å². The second-order valence-electron chi connectivity index (χ2n) is 2.73. The lowest BCUT2D eigenvalue weighted by Gasteiger charge is -2.22. The maximum absolute atomic E-state index is 5.60. The molecule has 1 aromatic rings. The fraction of sp³-hybridized carbons (Fsp3) is 0.500. The molecule has 12 heavy (non-hydrogen) atoms. The summed E-state index contributed by atoms with van der Waals surface area (Å²) in [5, 5.41) is 5.40. The van der Waals surface area contributed by atoms with E-state index >= 15 is 0 Å². The molecule has 2 nitrogen and oxygen atoms in total. The molecule has 1 aliphatic rings. The SMILES string of the molecule is Brc1csc(C2CNCCO2)c1. The first kappa shape index (κ1) is 8.69. The third-order valence-corrected chi connectivity index (χ3v) is 3.62. The van der Waals surface area contributed by atoms with Crippen LogP contribution in [0.25, 0.3) is 0 Å². The van der Waals surface area contributed by atoms with E-state index in [1.54, 1.807) is 11.3 Å². The summed E-state index contributed by atoms with van der Waals surface area (Å²) in [6, 6.07) is 2.13. The Balaban J connectivity index is 2.08. The molecule has 0 saturated carbocycles. The van der Waals surface area contributed by atoms with E-state index in [0.717, 1.165) is 24.2 Å². The van der Waals surface area contributed by atoms with Crippen molar-refractivity contribution >= 4 is 27.3 Å². The van der Waals surface area contributed by atoms with Crippen molar-refractivity contribution in [2.45, 2.75) is 6.10 Å². The molecule has 0 spiro atoms. The van der Waals surface area contributed by atoms with E-state index in [-0.39, 0.29) is 6.10 Å². The normalized spacial score (nSPS) is 24.2. The van der Waals surface area contributed by atoms with Crippen LogP contribution in [-0.4, -0.2) is 19.7 Å². The van der Waals surface area contributed by atoms with Crippen molar-refractivity contribution in [1.29, 1.82) is 0 Å². The highest BCUT2D eigenvalue weighted by molar-refractivity contribution is 9.10. The van der Waals surface area contributed by atoms with Gasteiger partial charge in [0.2, 0.25) is 0 Å². The van der Waals surface area contributed by atoms with Gasteiger partial charge in [-0.05, 0) is 22.0 Å². The van der Waals surface area contributed by atoms with E-state index in [9.17, 15) is 0 Å². The summed E-state index contributed by atoms with van der Waals surface area (Å²) < 4.78 is 6.75. The Morgan fingerprint density at radius 3 is 3.17 bits per heavy atom. The molecule has 0 bridgehead atoms. The Labute approximate surface area is 84.1 Å². The Morgan fingerprint density at radius 2 is 2.58 bits per heavy atom. The molecule has 4 heteroatoms. The molecule has 1 aliphatic heterocycles. The van der Waals surface area contributed by atoms with Crippen LogP contribution in [0.15, 0.2) is 15.9 Å². The van der Waals surface area contributed by atoms with E-state index in [1.807, 2.05) is 0 Å². The minimum atomic E-state index is 0.259. The lowest BCUT2D eigenvalue weighted by atomic mass is 10.2. The fourth-order valence-electron chi connectivity index (χ4n) is 1.25. The molecular formula is C8H10BrNOS. The van der Waals surface area contributed by atoms with E-state index in [0.29, 0.717) is 0 Å². The summed E-state index contributed by atoms with van der Waals surface area (Å²) in [5.74, 6) is 0. The van der Waals surface area contributed by atoms with Crippen molar-refractivity contribution in [3.63, 3.8) is 0 Å². The molecule has 2 heterocycles. The highest BCUT2D eigenvalue weighted by Crippen LogP contribution is 2.28. The number of ether oxygens (including phenoxy) is 1. The largest absolute Gasteiger partial charge is 0.370 e. The first-order valence-corrected chi connectivity index (χ1v) is 5.60. The van der Waals surface area contributed by atoms with Gasteiger partial charge >= 0.3 is 0 Å². The minimum Gasteiger partial charge on any atom is -0.370 e. The third kappa shape index (κ3) is 1.88. The van der Waals surface area contributed by atoms with Crippen molar-refractivity contribution in [3.05, 3.63) is 20.8 Å². The zero-order valence-electron chi connectivity index (χ0n) is 6.55. The summed E-state index contributed by atoms with van der Waals surface area (Å²) >= 11 is 5.18. The Bertz CT molecular complexity index is 257. The maximum atomic E-state index is 5.60. The van der Waals surface area contributed by atoms with E-state index < -0.39 is 0 Å². The van der Waals surface area contributed by atoms with Gasteiger partial charge in [0.05, 0.1) is 6.61 Å². The third-order valence-electron chi connectivity index (χ3n) is 1.83. The number of nitrogens with one attached hydrogen (secondary N) is 1. The summed E-state index contributed by atoms with van der Waals surface area (Å²) in [5.41, 5.74) is 0. The lowest BCUT2D eigenvalue weighted by molar-refractivity contribution is 0.0299. The average molecular weight is 248 g/mol. The Hall–Kier alpha value is 0.1000. The van der Waals surface area contributed by atoms with Crippen molar-refractivity contribution < 1.29 is 4.74 Å². The molecule has 66 valence electrons. The van der Waals surface area contributed by atoms with Crippen molar-refractivity contribution in [3.8, 4) is 0 Å². The molecule has 1 unspecified atom stereocenters. The zero-order valence-corrected chi connectivity index (χ0v) is 8.95. The Kier molecular flexibility index (Phi) is 2.80. The van der Waals surface area contributed by atoms with Crippen LogP contribution < -0.4 is 5.32 Å². The molecule has 1 atom stereocenters. The fourth-order valence-corrected chi connectivity index (χ4v) is 2.74. The second-order valence-corrected chi connectivity index (χ2v) is 4.59. The van der Waals surface area contributed by atoms with E-state index in [4.69, 9.17) is 4.74 Å². The topological polar surface area (TPSA) is 21.3 Å². The first-order valence-electron chi connectivity index (χ1n) is 3.92. The van der Waals surface area contributed by atoms with Crippen LogP contribution in [0.3, 0.4) is 0 Å². The molecule has 1 aromatic heterocycles. The number of morpholine rings is 1. The van der Waals surface area contributed by atoms with Gasteiger partial charge in [0.15, 0.2) is 0 Å². The number of hydrogen-bond acceptors (Lipinski definition) is 3. The van der Waals surface area contributed by atoms with Gasteiger partial charge in [0.25, 0.3) is 0 Å². The predicted molar refractivity (Wildman–Crippen MR) is 53.6 cm³/mol. The van der Waals surface area contributed by atoms with Gasteiger partial charge in [0, 0.05) is 27.8 Å². The van der Waals surface area contributed by atoms with E-state index in [2.05, 4.69) is 32.7 Å². The van der Waals surface area contributed by atoms with Gasteiger partial charge < -0.3 is 10.1 Å². The molecule has 1 N–H and O–H groups in total. The van der Waals surface area contributed by atoms with Crippen LogP contribution in [0.1, 0.15) is 11.0 Å². The van der Waals surface area contributed by atoms with Crippen molar-refractivity contribution in [1.82, 2.24) is 5.32 Å². The molecular weight excluding hydrogens is 238 g/mol. The van der Waals surface area contributed by atoms with Crippen LogP contribution in [-0.2, 0) is 4.74 Å². The van der Waals surface area contributed by atoms with Crippen LogP contribution in [0.4, 0.5) is 0 Å². The van der Waals surface area contributed by atoms with Crippen molar-refractivity contribution in [2.24, 2.45) is 0 Å². The highest BCUT2D eigenvalue weighted by atomic mass is 79.9. The van der Waals surface area contributed by atoms with Crippen LogP contribution >= 0.6 is 27.3 Å². The molecule has 0 aliphatic carbocycles. The van der Waals surface area contributed by atoms with Crippen LogP contribution in [0.5, 0.6) is 0 Å². The smallest absolute Gasteiger partial charge is 0.104 e. The predicted octanol–water partition coefficient (Wildman–Crippen LogP) is 2.17. The van der Waals surface area contributed by atoms with Gasteiger partial charge in [-0.3, -0.25) is 0 Å². The first-order chi connectivity index (χ1) is 5.86.